The van der Waals surface area contributed by atoms with E-state index in [0.717, 1.165) is 38.2 Å². The fourth-order valence-corrected chi connectivity index (χ4v) is 4.55. The number of aromatic amines is 2. The molecule has 0 fully saturated rings. The van der Waals surface area contributed by atoms with Crippen molar-refractivity contribution in [2.45, 2.75) is 12.8 Å². The quantitative estimate of drug-likeness (QED) is 0.383. The summed E-state index contributed by atoms with van der Waals surface area (Å²) >= 11 is 1.58. The molecule has 0 aliphatic rings. The second-order valence-corrected chi connectivity index (χ2v) is 7.93. The van der Waals surface area contributed by atoms with Crippen LogP contribution in [0.4, 0.5) is 0 Å². The lowest BCUT2D eigenvalue weighted by atomic mass is 10.0. The molecule has 0 aliphatic heterocycles. The Morgan fingerprint density at radius 1 is 1.10 bits per heavy atom. The van der Waals surface area contributed by atoms with E-state index < -0.39 is 5.97 Å². The zero-order chi connectivity index (χ0) is 20.7. The number of thiazole rings is 1. The van der Waals surface area contributed by atoms with Gasteiger partial charge in [-0.05, 0) is 24.1 Å². The maximum atomic E-state index is 12.4. The molecule has 148 valence electrons. The van der Waals surface area contributed by atoms with Crippen LogP contribution in [-0.4, -0.2) is 26.0 Å². The molecule has 2 aromatic carbocycles. The summed E-state index contributed by atoms with van der Waals surface area (Å²) in [7, 11) is 0. The van der Waals surface area contributed by atoms with Gasteiger partial charge in [-0.15, -0.1) is 11.3 Å². The van der Waals surface area contributed by atoms with Crippen LogP contribution >= 0.6 is 11.3 Å². The summed E-state index contributed by atoms with van der Waals surface area (Å²) < 4.78 is 0. The van der Waals surface area contributed by atoms with Gasteiger partial charge in [-0.25, -0.2) is 4.98 Å². The Labute approximate surface area is 174 Å². The minimum Gasteiger partial charge on any atom is -0.481 e. The summed E-state index contributed by atoms with van der Waals surface area (Å²) in [5.41, 5.74) is 4.66. The fraction of sp³-hybridized carbons (Fsp3) is 0.0870. The first-order valence-corrected chi connectivity index (χ1v) is 10.4. The second-order valence-electron chi connectivity index (χ2n) is 7.08. The second kappa shape index (κ2) is 7.27. The van der Waals surface area contributed by atoms with E-state index in [-0.39, 0.29) is 12.0 Å². The summed E-state index contributed by atoms with van der Waals surface area (Å²) in [5, 5.41) is 13.7. The highest BCUT2D eigenvalue weighted by Crippen LogP contribution is 2.32. The lowest BCUT2D eigenvalue weighted by molar-refractivity contribution is -0.136. The Kier molecular flexibility index (Phi) is 4.44. The van der Waals surface area contributed by atoms with Gasteiger partial charge < -0.3 is 15.1 Å². The largest absolute Gasteiger partial charge is 0.481 e. The summed E-state index contributed by atoms with van der Waals surface area (Å²) in [5.74, 6) is -0.866. The van der Waals surface area contributed by atoms with Crippen molar-refractivity contribution in [3.05, 3.63) is 76.0 Å². The van der Waals surface area contributed by atoms with Crippen LogP contribution in [0, 0.1) is 0 Å². The van der Waals surface area contributed by atoms with Crippen LogP contribution in [0.25, 0.3) is 43.6 Å². The zero-order valence-corrected chi connectivity index (χ0v) is 16.6. The Bertz CT molecular complexity index is 1450. The van der Waals surface area contributed by atoms with Crippen molar-refractivity contribution in [2.75, 3.05) is 0 Å². The number of H-pyrrole nitrogens is 2. The van der Waals surface area contributed by atoms with Gasteiger partial charge in [0.1, 0.15) is 10.5 Å². The molecule has 5 rings (SSSR count). The van der Waals surface area contributed by atoms with E-state index in [1.54, 1.807) is 17.5 Å². The van der Waals surface area contributed by atoms with Crippen LogP contribution in [-0.2, 0) is 11.2 Å². The first-order chi connectivity index (χ1) is 14.6. The van der Waals surface area contributed by atoms with E-state index in [9.17, 15) is 9.59 Å². The molecule has 3 N–H and O–H groups in total. The predicted octanol–water partition coefficient (Wildman–Crippen LogP) is 4.82. The first-order valence-electron chi connectivity index (χ1n) is 9.49. The molecule has 0 aliphatic carbocycles. The lowest BCUT2D eigenvalue weighted by Gasteiger charge is -2.05. The Morgan fingerprint density at radius 3 is 2.73 bits per heavy atom. The predicted molar refractivity (Wildman–Crippen MR) is 119 cm³/mol. The number of aryl methyl sites for hydroxylation is 1. The van der Waals surface area contributed by atoms with Gasteiger partial charge in [0.2, 0.25) is 0 Å². The summed E-state index contributed by atoms with van der Waals surface area (Å²) in [6.07, 6.45) is 2.09. The van der Waals surface area contributed by atoms with Crippen molar-refractivity contribution in [1.29, 1.82) is 0 Å². The average molecular weight is 415 g/mol. The summed E-state index contributed by atoms with van der Waals surface area (Å²) in [6.45, 7) is 0. The van der Waals surface area contributed by atoms with Crippen LogP contribution in [0.15, 0.2) is 64.9 Å². The average Bonchev–Trinajstić information content (AvgIpc) is 3.41. The monoisotopic (exact) mass is 415 g/mol. The van der Waals surface area contributed by atoms with Crippen molar-refractivity contribution in [1.82, 2.24) is 15.0 Å². The topological polar surface area (TPSA) is 98.8 Å². The fourth-order valence-electron chi connectivity index (χ4n) is 3.71. The summed E-state index contributed by atoms with van der Waals surface area (Å²) in [4.78, 5) is 34.2. The molecule has 0 atom stereocenters. The number of fused-ring (bicyclic) bond motifs is 3. The van der Waals surface area contributed by atoms with Crippen LogP contribution < -0.4 is 5.56 Å². The molecule has 7 heteroatoms. The molecule has 0 radical (unpaired) electrons. The van der Waals surface area contributed by atoms with E-state index in [4.69, 9.17) is 10.1 Å². The Balaban J connectivity index is 1.65. The highest BCUT2D eigenvalue weighted by molar-refractivity contribution is 7.13. The molecule has 30 heavy (non-hydrogen) atoms. The van der Waals surface area contributed by atoms with Gasteiger partial charge in [0, 0.05) is 45.4 Å². The molecule has 0 saturated heterocycles. The maximum absolute atomic E-state index is 12.4. The van der Waals surface area contributed by atoms with Crippen molar-refractivity contribution >= 4 is 39.1 Å². The number of nitrogens with one attached hydrogen (secondary N) is 2. The Morgan fingerprint density at radius 2 is 1.93 bits per heavy atom. The smallest absolute Gasteiger partial charge is 0.303 e. The van der Waals surface area contributed by atoms with Crippen LogP contribution in [0.5, 0.6) is 0 Å². The highest BCUT2D eigenvalue weighted by Gasteiger charge is 2.14. The molecule has 5 aromatic rings. The van der Waals surface area contributed by atoms with Crippen molar-refractivity contribution in [3.63, 3.8) is 0 Å². The van der Waals surface area contributed by atoms with Crippen molar-refractivity contribution in [2.24, 2.45) is 0 Å². The first kappa shape index (κ1) is 18.3. The number of aromatic nitrogens is 3. The minimum atomic E-state index is -0.866. The zero-order valence-electron chi connectivity index (χ0n) is 15.8. The maximum Gasteiger partial charge on any atom is 0.303 e. The molecule has 3 heterocycles. The van der Waals surface area contributed by atoms with E-state index in [0.29, 0.717) is 17.5 Å². The highest BCUT2D eigenvalue weighted by atomic mass is 32.1. The third-order valence-corrected chi connectivity index (χ3v) is 6.05. The van der Waals surface area contributed by atoms with Gasteiger partial charge in [0.15, 0.2) is 0 Å². The van der Waals surface area contributed by atoms with Crippen LogP contribution in [0.1, 0.15) is 12.0 Å². The van der Waals surface area contributed by atoms with Crippen molar-refractivity contribution < 1.29 is 9.90 Å². The number of carboxylic acids is 1. The van der Waals surface area contributed by atoms with Gasteiger partial charge in [0.05, 0.1) is 5.69 Å². The summed E-state index contributed by atoms with van der Waals surface area (Å²) in [6, 6.07) is 15.9. The minimum absolute atomic E-state index is 0.00740. The molecule has 0 bridgehead atoms. The van der Waals surface area contributed by atoms with E-state index in [2.05, 4.69) is 9.97 Å². The van der Waals surface area contributed by atoms with Crippen molar-refractivity contribution in [3.8, 4) is 21.8 Å². The van der Waals surface area contributed by atoms with E-state index in [1.165, 1.54) is 0 Å². The number of carbonyl (C=O) groups is 1. The third-order valence-electron chi connectivity index (χ3n) is 5.15. The number of rotatable bonds is 5. The third kappa shape index (κ3) is 3.19. The SMILES string of the molecule is O=C(O)CCc1c[nH]c2c(=O)[nH]c3ccc(-c4csc(-c5ccccc5)n4)cc3c12. The number of hydrogen-bond acceptors (Lipinski definition) is 4. The number of carboxylic acid groups (broad SMARTS) is 1. The van der Waals surface area contributed by atoms with Gasteiger partial charge in [-0.1, -0.05) is 36.4 Å². The van der Waals surface area contributed by atoms with Gasteiger partial charge in [0.25, 0.3) is 5.56 Å². The molecule has 0 spiro atoms. The molecule has 0 unspecified atom stereocenters. The van der Waals surface area contributed by atoms with Gasteiger partial charge in [-0.3, -0.25) is 9.59 Å². The lowest BCUT2D eigenvalue weighted by Crippen LogP contribution is -2.06. The molecule has 0 amide bonds. The number of aliphatic carboxylic acids is 1. The van der Waals surface area contributed by atoms with E-state index in [1.807, 2.05) is 53.9 Å². The van der Waals surface area contributed by atoms with Gasteiger partial charge >= 0.3 is 5.97 Å². The van der Waals surface area contributed by atoms with Crippen LogP contribution in [0.3, 0.4) is 0 Å². The molecular formula is C23H17N3O3S. The number of benzene rings is 2. The van der Waals surface area contributed by atoms with E-state index >= 15 is 0 Å². The molecule has 3 aromatic heterocycles. The molecule has 0 saturated carbocycles. The van der Waals surface area contributed by atoms with Crippen LogP contribution in [0.2, 0.25) is 0 Å². The molecule has 6 nitrogen and oxygen atoms in total. The standard InChI is InChI=1S/C23H17N3O3S/c27-19(28)9-7-15-11-24-21-20(15)16-10-14(6-8-17(16)25-22(21)29)18-12-30-23(26-18)13-4-2-1-3-5-13/h1-6,8,10-12,24H,7,9H2,(H,25,29)(H,27,28). The number of nitrogens with zero attached hydrogens (tertiary/aromatic N) is 1. The Hall–Kier alpha value is -3.71. The van der Waals surface area contributed by atoms with Gasteiger partial charge in [-0.2, -0.15) is 0 Å². The normalized spacial score (nSPS) is 11.3. The number of hydrogen-bond donors (Lipinski definition) is 3. The molecular weight excluding hydrogens is 398 g/mol. The number of pyridine rings is 1.